The summed E-state index contributed by atoms with van der Waals surface area (Å²) >= 11 is 0. The first kappa shape index (κ1) is 12.9. The number of benzene rings is 1. The van der Waals surface area contributed by atoms with Crippen LogP contribution in [0.4, 0.5) is 4.39 Å². The van der Waals surface area contributed by atoms with Gasteiger partial charge in [0, 0.05) is 6.54 Å². The minimum Gasteiger partial charge on any atom is -0.313 e. The lowest BCUT2D eigenvalue weighted by molar-refractivity contribution is 0.506. The van der Waals surface area contributed by atoms with Gasteiger partial charge >= 0.3 is 0 Å². The Bertz CT molecular complexity index is 305. The van der Waals surface area contributed by atoms with Crippen LogP contribution in [-0.4, -0.2) is 6.54 Å². The third-order valence-electron chi connectivity index (χ3n) is 2.63. The molecule has 1 unspecified atom stereocenters. The molecular formula is C14H20FN. The molecule has 16 heavy (non-hydrogen) atoms. The summed E-state index contributed by atoms with van der Waals surface area (Å²) in [7, 11) is 0. The fraction of sp³-hybridized carbons (Fsp3) is 0.429. The molecule has 0 spiro atoms. The van der Waals surface area contributed by atoms with E-state index in [2.05, 4.69) is 18.8 Å². The average molecular weight is 221 g/mol. The smallest absolute Gasteiger partial charge is 0.123 e. The molecule has 0 fully saturated rings. The van der Waals surface area contributed by atoms with Crippen LogP contribution in [0.5, 0.6) is 0 Å². The van der Waals surface area contributed by atoms with E-state index in [0.29, 0.717) is 5.92 Å². The maximum atomic E-state index is 12.6. The second-order valence-corrected chi connectivity index (χ2v) is 4.22. The number of allylic oxidation sites excluding steroid dienone is 1. The molecule has 0 aromatic heterocycles. The zero-order valence-corrected chi connectivity index (χ0v) is 9.88. The Hall–Kier alpha value is -1.15. The van der Waals surface area contributed by atoms with Gasteiger partial charge in [0.2, 0.25) is 0 Å². The molecule has 0 aliphatic heterocycles. The van der Waals surface area contributed by atoms with Gasteiger partial charge in [0.25, 0.3) is 0 Å². The average Bonchev–Trinajstić information content (AvgIpc) is 2.27. The summed E-state index contributed by atoms with van der Waals surface area (Å²) in [5.41, 5.74) is 1.12. The van der Waals surface area contributed by atoms with Crippen LogP contribution in [0.3, 0.4) is 0 Å². The molecule has 1 N–H and O–H groups in total. The van der Waals surface area contributed by atoms with Gasteiger partial charge in [0.05, 0.1) is 0 Å². The monoisotopic (exact) mass is 221 g/mol. The zero-order chi connectivity index (χ0) is 11.8. The highest BCUT2D eigenvalue weighted by Crippen LogP contribution is 2.07. The van der Waals surface area contributed by atoms with E-state index in [0.717, 1.165) is 31.5 Å². The SMILES string of the molecule is C=CCC(C)CCNCc1ccc(F)cc1. The van der Waals surface area contributed by atoms with Crippen molar-refractivity contribution in [3.63, 3.8) is 0 Å². The van der Waals surface area contributed by atoms with Crippen LogP contribution in [0, 0.1) is 11.7 Å². The normalized spacial score (nSPS) is 12.4. The summed E-state index contributed by atoms with van der Waals surface area (Å²) in [4.78, 5) is 0. The minimum absolute atomic E-state index is 0.177. The summed E-state index contributed by atoms with van der Waals surface area (Å²) in [5.74, 6) is 0.501. The van der Waals surface area contributed by atoms with Gasteiger partial charge in [-0.1, -0.05) is 25.1 Å². The second-order valence-electron chi connectivity index (χ2n) is 4.22. The number of rotatable bonds is 7. The Labute approximate surface area is 97.4 Å². The molecule has 2 heteroatoms. The van der Waals surface area contributed by atoms with E-state index in [1.165, 1.54) is 12.1 Å². The predicted octanol–water partition coefficient (Wildman–Crippen LogP) is 3.52. The fourth-order valence-corrected chi connectivity index (χ4v) is 1.59. The minimum atomic E-state index is -0.177. The fourth-order valence-electron chi connectivity index (χ4n) is 1.59. The van der Waals surface area contributed by atoms with Crippen molar-refractivity contribution in [2.45, 2.75) is 26.3 Å². The van der Waals surface area contributed by atoms with Gasteiger partial charge in [0.1, 0.15) is 5.82 Å². The lowest BCUT2D eigenvalue weighted by atomic mass is 10.0. The zero-order valence-electron chi connectivity index (χ0n) is 9.88. The highest BCUT2D eigenvalue weighted by molar-refractivity contribution is 5.15. The van der Waals surface area contributed by atoms with Crippen LogP contribution in [-0.2, 0) is 6.54 Å². The molecule has 0 amide bonds. The number of nitrogens with one attached hydrogen (secondary N) is 1. The molecule has 1 nitrogen and oxygen atoms in total. The van der Waals surface area contributed by atoms with Crippen LogP contribution in [0.2, 0.25) is 0 Å². The number of hydrogen-bond donors (Lipinski definition) is 1. The van der Waals surface area contributed by atoms with Gasteiger partial charge in [-0.2, -0.15) is 0 Å². The van der Waals surface area contributed by atoms with Gasteiger partial charge in [-0.3, -0.25) is 0 Å². The van der Waals surface area contributed by atoms with Gasteiger partial charge < -0.3 is 5.32 Å². The van der Waals surface area contributed by atoms with E-state index in [9.17, 15) is 4.39 Å². The van der Waals surface area contributed by atoms with Crippen LogP contribution >= 0.6 is 0 Å². The summed E-state index contributed by atoms with van der Waals surface area (Å²) in [5, 5.41) is 3.35. The molecule has 1 rings (SSSR count). The van der Waals surface area contributed by atoms with Crippen LogP contribution in [0.25, 0.3) is 0 Å². The Balaban J connectivity index is 2.16. The molecule has 0 aliphatic carbocycles. The van der Waals surface area contributed by atoms with Gasteiger partial charge in [-0.15, -0.1) is 6.58 Å². The second kappa shape index (κ2) is 7.18. The molecule has 0 aliphatic rings. The van der Waals surface area contributed by atoms with Gasteiger partial charge in [0.15, 0.2) is 0 Å². The van der Waals surface area contributed by atoms with E-state index in [1.807, 2.05) is 18.2 Å². The van der Waals surface area contributed by atoms with Crippen molar-refractivity contribution in [1.29, 1.82) is 0 Å². The molecule has 0 bridgehead atoms. The van der Waals surface area contributed by atoms with Crippen molar-refractivity contribution in [2.24, 2.45) is 5.92 Å². The van der Waals surface area contributed by atoms with E-state index in [-0.39, 0.29) is 5.82 Å². The van der Waals surface area contributed by atoms with Crippen LogP contribution in [0.15, 0.2) is 36.9 Å². The third-order valence-corrected chi connectivity index (χ3v) is 2.63. The first-order chi connectivity index (χ1) is 7.72. The first-order valence-electron chi connectivity index (χ1n) is 5.78. The van der Waals surface area contributed by atoms with E-state index in [4.69, 9.17) is 0 Å². The highest BCUT2D eigenvalue weighted by atomic mass is 19.1. The lowest BCUT2D eigenvalue weighted by Crippen LogP contribution is -2.16. The first-order valence-corrected chi connectivity index (χ1v) is 5.78. The topological polar surface area (TPSA) is 12.0 Å². The molecule has 1 aromatic rings. The Morgan fingerprint density at radius 3 is 2.69 bits per heavy atom. The molecule has 1 aromatic carbocycles. The maximum absolute atomic E-state index is 12.6. The number of halogens is 1. The van der Waals surface area contributed by atoms with Crippen molar-refractivity contribution >= 4 is 0 Å². The Morgan fingerprint density at radius 2 is 2.06 bits per heavy atom. The van der Waals surface area contributed by atoms with Crippen LogP contribution in [0.1, 0.15) is 25.3 Å². The van der Waals surface area contributed by atoms with Crippen molar-refractivity contribution in [3.8, 4) is 0 Å². The maximum Gasteiger partial charge on any atom is 0.123 e. The summed E-state index contributed by atoms with van der Waals surface area (Å²) < 4.78 is 12.6. The molecular weight excluding hydrogens is 201 g/mol. The molecule has 1 atom stereocenters. The largest absolute Gasteiger partial charge is 0.313 e. The predicted molar refractivity (Wildman–Crippen MR) is 66.7 cm³/mol. The summed E-state index contributed by atoms with van der Waals surface area (Å²) in [6.45, 7) is 7.75. The molecule has 0 heterocycles. The molecule has 0 radical (unpaired) electrons. The standard InChI is InChI=1S/C14H20FN/c1-3-4-12(2)9-10-16-11-13-5-7-14(15)8-6-13/h3,5-8,12,16H,1,4,9-11H2,2H3. The van der Waals surface area contributed by atoms with E-state index >= 15 is 0 Å². The summed E-state index contributed by atoms with van der Waals surface area (Å²) in [6.07, 6.45) is 4.18. The summed E-state index contributed by atoms with van der Waals surface area (Å²) in [6, 6.07) is 6.62. The van der Waals surface area contributed by atoms with Gasteiger partial charge in [-0.25, -0.2) is 4.39 Å². The van der Waals surface area contributed by atoms with Crippen molar-refractivity contribution in [2.75, 3.05) is 6.54 Å². The van der Waals surface area contributed by atoms with E-state index in [1.54, 1.807) is 0 Å². The molecule has 0 saturated carbocycles. The third kappa shape index (κ3) is 5.08. The Kier molecular flexibility index (Phi) is 5.79. The number of hydrogen-bond acceptors (Lipinski definition) is 1. The van der Waals surface area contributed by atoms with E-state index < -0.39 is 0 Å². The Morgan fingerprint density at radius 1 is 1.38 bits per heavy atom. The highest BCUT2D eigenvalue weighted by Gasteiger charge is 1.99. The quantitative estimate of drug-likeness (QED) is 0.548. The van der Waals surface area contributed by atoms with Gasteiger partial charge in [-0.05, 0) is 43.0 Å². The van der Waals surface area contributed by atoms with Crippen LogP contribution < -0.4 is 5.32 Å². The van der Waals surface area contributed by atoms with Crippen molar-refractivity contribution < 1.29 is 4.39 Å². The lowest BCUT2D eigenvalue weighted by Gasteiger charge is -2.09. The molecule has 0 saturated heterocycles. The van der Waals surface area contributed by atoms with Crippen molar-refractivity contribution in [1.82, 2.24) is 5.32 Å². The van der Waals surface area contributed by atoms with Crippen molar-refractivity contribution in [3.05, 3.63) is 48.3 Å². The molecule has 88 valence electrons.